The van der Waals surface area contributed by atoms with Crippen molar-refractivity contribution in [1.82, 2.24) is 0 Å². The van der Waals surface area contributed by atoms with Crippen LogP contribution in [0.4, 0.5) is 5.69 Å². The molecule has 31 heavy (non-hydrogen) atoms. The van der Waals surface area contributed by atoms with Gasteiger partial charge < -0.3 is 0 Å². The number of nitrogens with zero attached hydrogens (tertiary/aromatic N) is 1. The molecule has 0 radical (unpaired) electrons. The molecule has 3 aromatic rings. The third-order valence-corrected chi connectivity index (χ3v) is 9.35. The van der Waals surface area contributed by atoms with Gasteiger partial charge in [0.15, 0.2) is 0 Å². The zero-order chi connectivity index (χ0) is 21.8. The second-order valence-electron chi connectivity index (χ2n) is 8.56. The highest BCUT2D eigenvalue weighted by Gasteiger charge is 2.30. The molecule has 0 aromatic heterocycles. The van der Waals surface area contributed by atoms with Crippen LogP contribution in [-0.2, 0) is 0 Å². The summed E-state index contributed by atoms with van der Waals surface area (Å²) >= 11 is 0. The molecule has 0 unspecified atom stereocenters. The van der Waals surface area contributed by atoms with Gasteiger partial charge >= 0.3 is 0 Å². The van der Waals surface area contributed by atoms with E-state index in [1.54, 1.807) is 0 Å². The lowest BCUT2D eigenvalue weighted by Crippen LogP contribution is -2.17. The lowest BCUT2D eigenvalue weighted by molar-refractivity contribution is 0.835. The van der Waals surface area contributed by atoms with Crippen molar-refractivity contribution in [3.63, 3.8) is 0 Å². The van der Waals surface area contributed by atoms with Crippen LogP contribution in [0, 0.1) is 0 Å². The number of allylic oxidation sites excluding steroid dienone is 3. The van der Waals surface area contributed by atoms with Gasteiger partial charge in [0.1, 0.15) is 0 Å². The Labute approximate surface area is 186 Å². The number of rotatable bonds is 6. The van der Waals surface area contributed by atoms with Crippen molar-refractivity contribution in [2.45, 2.75) is 39.5 Å². The highest BCUT2D eigenvalue weighted by molar-refractivity contribution is 7.84. The van der Waals surface area contributed by atoms with Crippen LogP contribution in [0.15, 0.2) is 113 Å². The number of hydrogen-bond donors (Lipinski definition) is 0. The summed E-state index contributed by atoms with van der Waals surface area (Å²) in [5, 5.41) is 3.70. The summed E-state index contributed by atoms with van der Waals surface area (Å²) in [6.45, 7) is 9.05. The molecule has 0 heterocycles. The molecule has 1 aliphatic carbocycles. The Morgan fingerprint density at radius 3 is 1.61 bits per heavy atom. The Balaban J connectivity index is 2.20. The normalized spacial score (nSPS) is 13.2. The number of benzene rings is 3. The van der Waals surface area contributed by atoms with E-state index in [0.717, 1.165) is 5.69 Å². The fourth-order valence-corrected chi connectivity index (χ4v) is 7.68. The minimum absolute atomic E-state index is 0.398. The highest BCUT2D eigenvalue weighted by Crippen LogP contribution is 2.59. The summed E-state index contributed by atoms with van der Waals surface area (Å²) in [5.74, 6) is 0.795. The van der Waals surface area contributed by atoms with Crippen molar-refractivity contribution in [3.05, 3.63) is 119 Å². The van der Waals surface area contributed by atoms with Gasteiger partial charge in [0, 0.05) is 15.9 Å². The first-order valence-electron chi connectivity index (χ1n) is 11.0. The summed E-state index contributed by atoms with van der Waals surface area (Å²) < 4.78 is 5.80. The highest BCUT2D eigenvalue weighted by atomic mass is 31.2. The van der Waals surface area contributed by atoms with Crippen molar-refractivity contribution < 1.29 is 0 Å². The fourth-order valence-electron chi connectivity index (χ4n) is 4.18. The third kappa shape index (κ3) is 4.05. The molecule has 1 nitrogen and oxygen atoms in total. The maximum atomic E-state index is 5.80. The van der Waals surface area contributed by atoms with E-state index in [4.69, 9.17) is 4.74 Å². The molecule has 4 rings (SSSR count). The summed E-state index contributed by atoms with van der Waals surface area (Å²) in [6.07, 6.45) is 6.30. The van der Waals surface area contributed by atoms with Gasteiger partial charge in [0.25, 0.3) is 0 Å². The van der Waals surface area contributed by atoms with Crippen molar-refractivity contribution in [3.8, 4) is 0 Å². The second kappa shape index (κ2) is 9.11. The van der Waals surface area contributed by atoms with Crippen LogP contribution >= 0.6 is 7.05 Å². The molecule has 2 heteroatoms. The standard InChI is InChI=1S/C29H30NP/c1-22(2)27-20-13-21-28(23(3)4)29(27)30-31(26-18-11-12-19-26,24-14-7-5-8-15-24)25-16-9-6-10-17-25/h5-18,20-23H,1-4H3. The molecule has 1 aliphatic rings. The molecule has 0 saturated carbocycles. The van der Waals surface area contributed by atoms with Gasteiger partial charge in [-0.25, -0.2) is 0 Å². The van der Waals surface area contributed by atoms with Crippen LogP contribution in [0.3, 0.4) is 0 Å². The molecule has 0 spiro atoms. The van der Waals surface area contributed by atoms with E-state index in [2.05, 4.69) is 124 Å². The predicted molar refractivity (Wildman–Crippen MR) is 137 cm³/mol. The van der Waals surface area contributed by atoms with Crippen molar-refractivity contribution in [2.24, 2.45) is 4.74 Å². The minimum Gasteiger partial charge on any atom is -0.253 e. The summed E-state index contributed by atoms with van der Waals surface area (Å²) in [7, 11) is -2.29. The van der Waals surface area contributed by atoms with E-state index in [0.29, 0.717) is 11.8 Å². The Bertz CT molecular complexity index is 1140. The fraction of sp³-hybridized carbons (Fsp3) is 0.207. The first-order valence-corrected chi connectivity index (χ1v) is 12.8. The first kappa shape index (κ1) is 21.4. The quantitative estimate of drug-likeness (QED) is 0.281. The Kier molecular flexibility index (Phi) is 6.28. The average Bonchev–Trinajstić information content (AvgIpc) is 3.33. The van der Waals surface area contributed by atoms with Crippen molar-refractivity contribution in [2.75, 3.05) is 0 Å². The molecule has 0 N–H and O–H groups in total. The van der Waals surface area contributed by atoms with Crippen LogP contribution < -0.4 is 10.6 Å². The van der Waals surface area contributed by atoms with Crippen molar-refractivity contribution >= 4 is 23.4 Å². The predicted octanol–water partition coefficient (Wildman–Crippen LogP) is 8.03. The van der Waals surface area contributed by atoms with E-state index < -0.39 is 7.05 Å². The van der Waals surface area contributed by atoms with E-state index in [-0.39, 0.29) is 0 Å². The molecular formula is C29H30NP. The van der Waals surface area contributed by atoms with Gasteiger partial charge in [0.05, 0.1) is 12.7 Å². The lowest BCUT2D eigenvalue weighted by Gasteiger charge is -2.28. The lowest BCUT2D eigenvalue weighted by atomic mass is 9.93. The van der Waals surface area contributed by atoms with Crippen LogP contribution in [0.25, 0.3) is 0 Å². The Morgan fingerprint density at radius 1 is 0.677 bits per heavy atom. The van der Waals surface area contributed by atoms with E-state index in [1.165, 1.54) is 27.1 Å². The average molecular weight is 424 g/mol. The first-order chi connectivity index (χ1) is 15.0. The maximum Gasteiger partial charge on any atom is 0.0694 e. The van der Waals surface area contributed by atoms with Gasteiger partial charge in [-0.05, 0) is 35.1 Å². The Hall–Kier alpha value is -2.85. The zero-order valence-corrected chi connectivity index (χ0v) is 19.7. The minimum atomic E-state index is -2.29. The molecule has 156 valence electrons. The SMILES string of the molecule is CC(C)c1cccc(C(C)C)c1N=P(C1=C=CC=C1)(c1ccccc1)c1ccccc1. The second-order valence-corrected chi connectivity index (χ2v) is 11.5. The van der Waals surface area contributed by atoms with Gasteiger partial charge in [-0.15, -0.1) is 5.73 Å². The van der Waals surface area contributed by atoms with E-state index in [9.17, 15) is 0 Å². The molecule has 0 amide bonds. The summed E-state index contributed by atoms with van der Waals surface area (Å²) in [4.78, 5) is 0. The maximum absolute atomic E-state index is 5.80. The molecule has 3 aromatic carbocycles. The van der Waals surface area contributed by atoms with Crippen LogP contribution in [-0.4, -0.2) is 0 Å². The third-order valence-electron chi connectivity index (χ3n) is 5.78. The van der Waals surface area contributed by atoms with E-state index >= 15 is 0 Å². The monoisotopic (exact) mass is 423 g/mol. The van der Waals surface area contributed by atoms with Crippen LogP contribution in [0.2, 0.25) is 0 Å². The van der Waals surface area contributed by atoms with Crippen LogP contribution in [0.5, 0.6) is 0 Å². The topological polar surface area (TPSA) is 12.4 Å². The molecule has 0 fully saturated rings. The molecular weight excluding hydrogens is 393 g/mol. The van der Waals surface area contributed by atoms with Gasteiger partial charge in [-0.2, -0.15) is 0 Å². The molecule has 0 bridgehead atoms. The smallest absolute Gasteiger partial charge is 0.0694 e. The number of hydrogen-bond acceptors (Lipinski definition) is 1. The van der Waals surface area contributed by atoms with Crippen molar-refractivity contribution in [1.29, 1.82) is 0 Å². The summed E-state index contributed by atoms with van der Waals surface area (Å²) in [5.41, 5.74) is 7.33. The van der Waals surface area contributed by atoms with Crippen LogP contribution in [0.1, 0.15) is 50.7 Å². The Morgan fingerprint density at radius 2 is 1.19 bits per heavy atom. The largest absolute Gasteiger partial charge is 0.253 e. The van der Waals surface area contributed by atoms with Gasteiger partial charge in [0.2, 0.25) is 0 Å². The van der Waals surface area contributed by atoms with E-state index in [1.807, 2.05) is 6.08 Å². The molecule has 0 saturated heterocycles. The summed E-state index contributed by atoms with van der Waals surface area (Å²) in [6, 6.07) is 28.3. The van der Waals surface area contributed by atoms with Gasteiger partial charge in [-0.3, -0.25) is 4.74 Å². The zero-order valence-electron chi connectivity index (χ0n) is 18.8. The van der Waals surface area contributed by atoms with Gasteiger partial charge in [-0.1, -0.05) is 113 Å². The molecule has 0 aliphatic heterocycles. The molecule has 0 atom stereocenters.